The molecule has 194 valence electrons. The van der Waals surface area contributed by atoms with Crippen molar-refractivity contribution in [3.8, 4) is 11.5 Å². The lowest BCUT2D eigenvalue weighted by Crippen LogP contribution is -2.34. The summed E-state index contributed by atoms with van der Waals surface area (Å²) in [4.78, 5) is 24.5. The highest BCUT2D eigenvalue weighted by Crippen LogP contribution is 2.25. The Morgan fingerprint density at radius 1 is 0.778 bits per heavy atom. The molecular weight excluding hydrogens is 620 g/mol. The molecule has 0 aliphatic carbocycles. The van der Waals surface area contributed by atoms with Crippen molar-refractivity contribution in [1.29, 1.82) is 0 Å². The molecule has 0 radical (unpaired) electrons. The van der Waals surface area contributed by atoms with Crippen LogP contribution in [0.25, 0.3) is 0 Å². The minimum atomic E-state index is -0.481. The number of rotatable bonds is 13. The van der Waals surface area contributed by atoms with E-state index in [0.717, 1.165) is 5.75 Å². The number of halogens is 2. The van der Waals surface area contributed by atoms with E-state index >= 15 is 0 Å². The number of phenols is 2. The van der Waals surface area contributed by atoms with Crippen LogP contribution in [0.5, 0.6) is 11.5 Å². The molecule has 2 amide bonds. The molecule has 2 aromatic rings. The molecule has 0 aliphatic rings. The molecule has 0 unspecified atom stereocenters. The summed E-state index contributed by atoms with van der Waals surface area (Å²) < 4.78 is 0.965. The second-order valence-electron chi connectivity index (χ2n) is 7.50. The lowest BCUT2D eigenvalue weighted by Gasteiger charge is -2.09. The molecule has 10 nitrogen and oxygen atoms in total. The molecule has 0 saturated heterocycles. The number of carbonyl (C=O) groups is 2. The van der Waals surface area contributed by atoms with Crippen molar-refractivity contribution in [2.45, 2.75) is 19.3 Å². The van der Waals surface area contributed by atoms with Crippen LogP contribution in [0.3, 0.4) is 0 Å². The number of nitrogens with one attached hydrogen (secondary N) is 2. The van der Waals surface area contributed by atoms with Crippen molar-refractivity contribution < 1.29 is 30.2 Å². The molecule has 2 aromatic carbocycles. The highest BCUT2D eigenvalue weighted by molar-refractivity contribution is 9.10. The Morgan fingerprint density at radius 3 is 1.69 bits per heavy atom. The molecule has 2 rings (SSSR count). The van der Waals surface area contributed by atoms with Crippen molar-refractivity contribution in [2.75, 3.05) is 24.6 Å². The summed E-state index contributed by atoms with van der Waals surface area (Å²) in [6.07, 6.45) is 0.892. The Kier molecular flexibility index (Phi) is 12.6. The van der Waals surface area contributed by atoms with E-state index in [9.17, 15) is 30.2 Å². The van der Waals surface area contributed by atoms with Gasteiger partial charge in [0.25, 0.3) is 11.8 Å². The Morgan fingerprint density at radius 2 is 1.25 bits per heavy atom. The van der Waals surface area contributed by atoms with E-state index in [1.807, 2.05) is 0 Å². The van der Waals surface area contributed by atoms with E-state index in [1.165, 1.54) is 12.1 Å². The molecule has 0 spiro atoms. The van der Waals surface area contributed by atoms with Gasteiger partial charge in [0.2, 0.25) is 0 Å². The van der Waals surface area contributed by atoms with E-state index in [2.05, 4.69) is 52.8 Å². The molecule has 0 fully saturated rings. The van der Waals surface area contributed by atoms with E-state index in [4.69, 9.17) is 0 Å². The molecule has 0 bridgehead atoms. The van der Waals surface area contributed by atoms with Gasteiger partial charge in [0, 0.05) is 31.7 Å². The number of oxime groups is 2. The molecule has 13 heteroatoms. The van der Waals surface area contributed by atoms with Crippen LogP contribution >= 0.6 is 43.6 Å². The summed E-state index contributed by atoms with van der Waals surface area (Å²) in [5.74, 6) is 0.553. The summed E-state index contributed by atoms with van der Waals surface area (Å²) in [5.41, 5.74) is 1.32. The topological polar surface area (TPSA) is 164 Å². The van der Waals surface area contributed by atoms with E-state index < -0.39 is 11.8 Å². The van der Waals surface area contributed by atoms with Crippen LogP contribution in [0.15, 0.2) is 55.7 Å². The van der Waals surface area contributed by atoms with E-state index in [-0.39, 0.29) is 35.8 Å². The maximum absolute atomic E-state index is 12.2. The van der Waals surface area contributed by atoms with Crippen molar-refractivity contribution in [3.05, 3.63) is 56.5 Å². The number of amides is 2. The number of nitrogens with zero attached hydrogens (tertiary/aromatic N) is 2. The summed E-state index contributed by atoms with van der Waals surface area (Å²) in [7, 11) is 0. The highest BCUT2D eigenvalue weighted by atomic mass is 79.9. The number of benzene rings is 2. The smallest absolute Gasteiger partial charge is 0.269 e. The third kappa shape index (κ3) is 9.70. The number of hydrogen-bond acceptors (Lipinski definition) is 9. The van der Waals surface area contributed by atoms with Gasteiger partial charge >= 0.3 is 0 Å². The molecule has 0 heterocycles. The monoisotopic (exact) mass is 644 g/mol. The predicted octanol–water partition coefficient (Wildman–Crippen LogP) is 3.42. The fourth-order valence-electron chi connectivity index (χ4n) is 2.95. The van der Waals surface area contributed by atoms with Crippen LogP contribution in [0.4, 0.5) is 0 Å². The molecule has 6 N–H and O–H groups in total. The normalized spacial score (nSPS) is 11.8. The lowest BCUT2D eigenvalue weighted by molar-refractivity contribution is -0.115. The van der Waals surface area contributed by atoms with Crippen LogP contribution < -0.4 is 10.6 Å². The summed E-state index contributed by atoms with van der Waals surface area (Å²) in [5, 5.41) is 49.0. The number of thioether (sulfide) groups is 1. The largest absolute Gasteiger partial charge is 0.507 e. The van der Waals surface area contributed by atoms with Crippen LogP contribution in [-0.4, -0.2) is 68.5 Å². The lowest BCUT2D eigenvalue weighted by atomic mass is 10.1. The second kappa shape index (κ2) is 15.4. The Balaban J connectivity index is 1.62. The van der Waals surface area contributed by atoms with Gasteiger partial charge in [0.1, 0.15) is 22.9 Å². The van der Waals surface area contributed by atoms with Crippen LogP contribution in [-0.2, 0) is 22.4 Å². The molecule has 0 aliphatic heterocycles. The van der Waals surface area contributed by atoms with Crippen molar-refractivity contribution in [2.24, 2.45) is 10.3 Å². The second-order valence-corrected chi connectivity index (χ2v) is 10.4. The standard InChI is InChI=1S/C23H26Br2N4O6S/c24-16-10-14(2-4-20(16)30)12-18(28-34)22(32)26-6-1-8-36-9-7-27-23(33)19(29-35)13-15-3-5-21(31)17(25)11-15/h2-5,10-11,30-31,34-35H,1,6-9,12-13H2,(H,26,32)(H,27,33)/b28-18+,29-19+. The van der Waals surface area contributed by atoms with Gasteiger partial charge in [-0.05, 0) is 79.4 Å². The van der Waals surface area contributed by atoms with Gasteiger partial charge in [-0.3, -0.25) is 9.59 Å². The third-order valence-corrected chi connectivity index (χ3v) is 7.16. The number of aromatic hydroxyl groups is 2. The SMILES string of the molecule is O=C(NCCCSCCNC(=O)/C(Cc1ccc(O)c(Br)c1)=N/O)/C(Cc1ccc(O)c(Br)c1)=N/O. The van der Waals surface area contributed by atoms with Crippen molar-refractivity contribution in [1.82, 2.24) is 10.6 Å². The molecule has 0 saturated carbocycles. The average Bonchev–Trinajstić information content (AvgIpc) is 2.86. The molecule has 0 atom stereocenters. The van der Waals surface area contributed by atoms with Crippen molar-refractivity contribution in [3.63, 3.8) is 0 Å². The fraction of sp³-hybridized carbons (Fsp3) is 0.304. The Labute approximate surface area is 229 Å². The van der Waals surface area contributed by atoms with Gasteiger partial charge in [0.05, 0.1) is 8.95 Å². The van der Waals surface area contributed by atoms with Gasteiger partial charge in [0.15, 0.2) is 0 Å². The third-order valence-electron chi connectivity index (χ3n) is 4.82. The average molecular weight is 646 g/mol. The zero-order valence-electron chi connectivity index (χ0n) is 19.1. The van der Waals surface area contributed by atoms with Gasteiger partial charge < -0.3 is 31.3 Å². The number of carbonyl (C=O) groups excluding carboxylic acids is 2. The number of phenolic OH excluding ortho intramolecular Hbond substituents is 2. The Hall–Kier alpha value is -2.77. The summed E-state index contributed by atoms with van der Waals surface area (Å²) in [6.45, 7) is 0.762. The van der Waals surface area contributed by atoms with Crippen LogP contribution in [0.2, 0.25) is 0 Å². The first kappa shape index (κ1) is 29.5. The van der Waals surface area contributed by atoms with E-state index in [0.29, 0.717) is 45.3 Å². The maximum atomic E-state index is 12.2. The van der Waals surface area contributed by atoms with Gasteiger partial charge in [-0.25, -0.2) is 0 Å². The zero-order valence-corrected chi connectivity index (χ0v) is 23.1. The molecule has 0 aromatic heterocycles. The first-order chi connectivity index (χ1) is 17.2. The van der Waals surface area contributed by atoms with Crippen LogP contribution in [0, 0.1) is 0 Å². The first-order valence-electron chi connectivity index (χ1n) is 10.8. The van der Waals surface area contributed by atoms with Gasteiger partial charge in [-0.2, -0.15) is 11.8 Å². The minimum Gasteiger partial charge on any atom is -0.507 e. The number of hydrogen-bond donors (Lipinski definition) is 6. The molecular formula is C23H26Br2N4O6S. The quantitative estimate of drug-likeness (QED) is 0.0841. The first-order valence-corrected chi connectivity index (χ1v) is 13.5. The fourth-order valence-corrected chi connectivity index (χ4v) is 4.60. The minimum absolute atomic E-state index is 0.0380. The van der Waals surface area contributed by atoms with Crippen LogP contribution in [0.1, 0.15) is 17.5 Å². The van der Waals surface area contributed by atoms with Gasteiger partial charge in [-0.15, -0.1) is 0 Å². The van der Waals surface area contributed by atoms with Crippen molar-refractivity contribution >= 4 is 66.9 Å². The predicted molar refractivity (Wildman–Crippen MR) is 145 cm³/mol. The zero-order chi connectivity index (χ0) is 26.5. The Bertz CT molecular complexity index is 1040. The summed E-state index contributed by atoms with van der Waals surface area (Å²) >= 11 is 7.99. The van der Waals surface area contributed by atoms with E-state index in [1.54, 1.807) is 36.0 Å². The van der Waals surface area contributed by atoms with Gasteiger partial charge in [-0.1, -0.05) is 22.4 Å². The summed E-state index contributed by atoms with van der Waals surface area (Å²) in [6, 6.07) is 9.52. The molecule has 36 heavy (non-hydrogen) atoms. The maximum Gasteiger partial charge on any atom is 0.269 e. The highest BCUT2D eigenvalue weighted by Gasteiger charge is 2.15.